The van der Waals surface area contributed by atoms with Crippen molar-refractivity contribution in [2.45, 2.75) is 33.7 Å². The molecule has 21 heavy (non-hydrogen) atoms. The number of rotatable bonds is 6. The fourth-order valence-corrected chi connectivity index (χ4v) is 3.08. The minimum atomic E-state index is 0.291. The third-order valence-corrected chi connectivity index (χ3v) is 4.28. The highest BCUT2D eigenvalue weighted by molar-refractivity contribution is 5.80. The van der Waals surface area contributed by atoms with Crippen LogP contribution in [0, 0.1) is 13.8 Å². The van der Waals surface area contributed by atoms with E-state index in [1.54, 1.807) is 0 Å². The van der Waals surface area contributed by atoms with Gasteiger partial charge in [-0.05, 0) is 32.5 Å². The highest BCUT2D eigenvalue weighted by Crippen LogP contribution is 2.26. The van der Waals surface area contributed by atoms with Crippen molar-refractivity contribution in [2.24, 2.45) is 10.7 Å². The van der Waals surface area contributed by atoms with Crippen LogP contribution < -0.4 is 5.73 Å². The summed E-state index contributed by atoms with van der Waals surface area (Å²) in [7, 11) is 0. The van der Waals surface area contributed by atoms with Crippen molar-refractivity contribution in [3.8, 4) is 0 Å². The Labute approximate surface area is 128 Å². The fourth-order valence-electron chi connectivity index (χ4n) is 3.08. The van der Waals surface area contributed by atoms with E-state index in [1.807, 2.05) is 0 Å². The number of hydrogen-bond donors (Lipinski definition) is 1. The van der Waals surface area contributed by atoms with Crippen molar-refractivity contribution in [3.63, 3.8) is 0 Å². The summed E-state index contributed by atoms with van der Waals surface area (Å²) in [6, 6.07) is 7.02. The van der Waals surface area contributed by atoms with Gasteiger partial charge in [0.25, 0.3) is 0 Å². The molecule has 1 aromatic carbocycles. The van der Waals surface area contributed by atoms with Gasteiger partial charge < -0.3 is 15.5 Å². The molecule has 2 N–H and O–H groups in total. The molecule has 0 amide bonds. The summed E-state index contributed by atoms with van der Waals surface area (Å²) in [5.41, 5.74) is 10.0. The second-order valence-corrected chi connectivity index (χ2v) is 5.86. The van der Waals surface area contributed by atoms with Crippen molar-refractivity contribution in [2.75, 3.05) is 32.7 Å². The van der Waals surface area contributed by atoms with Gasteiger partial charge in [0.1, 0.15) is 0 Å². The molecule has 0 aromatic heterocycles. The van der Waals surface area contributed by atoms with Gasteiger partial charge in [0.15, 0.2) is 5.96 Å². The van der Waals surface area contributed by atoms with Gasteiger partial charge in [0.05, 0.1) is 12.6 Å². The quantitative estimate of drug-likeness (QED) is 0.873. The molecular weight excluding hydrogens is 260 g/mol. The van der Waals surface area contributed by atoms with E-state index in [1.165, 1.54) is 16.7 Å². The molecule has 2 rings (SSSR count). The fraction of sp³-hybridized carbons (Fsp3) is 0.588. The van der Waals surface area contributed by atoms with Crippen LogP contribution in [0.5, 0.6) is 0 Å². The van der Waals surface area contributed by atoms with Crippen molar-refractivity contribution in [1.29, 1.82) is 0 Å². The molecule has 1 unspecified atom stereocenters. The Hall–Kier alpha value is -1.55. The maximum atomic E-state index is 6.11. The van der Waals surface area contributed by atoms with E-state index in [-0.39, 0.29) is 0 Å². The molecule has 0 bridgehead atoms. The molecule has 0 saturated heterocycles. The zero-order valence-electron chi connectivity index (χ0n) is 13.8. The minimum absolute atomic E-state index is 0.291. The lowest BCUT2D eigenvalue weighted by atomic mass is 10.0. The topological polar surface area (TPSA) is 44.9 Å². The monoisotopic (exact) mass is 288 g/mol. The first-order valence-electron chi connectivity index (χ1n) is 7.92. The van der Waals surface area contributed by atoms with Crippen molar-refractivity contribution < 1.29 is 0 Å². The Balaban J connectivity index is 2.12. The third-order valence-electron chi connectivity index (χ3n) is 4.28. The molecule has 1 atom stereocenters. The van der Waals surface area contributed by atoms with Gasteiger partial charge in [0.2, 0.25) is 0 Å². The molecule has 1 aliphatic rings. The average molecular weight is 288 g/mol. The molecule has 0 aliphatic carbocycles. The Morgan fingerprint density at radius 3 is 2.38 bits per heavy atom. The Morgan fingerprint density at radius 1 is 1.19 bits per heavy atom. The smallest absolute Gasteiger partial charge is 0.191 e. The summed E-state index contributed by atoms with van der Waals surface area (Å²) < 4.78 is 0. The Morgan fingerprint density at radius 2 is 1.81 bits per heavy atom. The van der Waals surface area contributed by atoms with Crippen LogP contribution in [0.4, 0.5) is 0 Å². The number of aryl methyl sites for hydroxylation is 2. The number of nitrogens with two attached hydrogens (primary N) is 1. The molecule has 0 saturated carbocycles. The summed E-state index contributed by atoms with van der Waals surface area (Å²) in [6.45, 7) is 13.6. The summed E-state index contributed by atoms with van der Waals surface area (Å²) in [6.07, 6.45) is 0. The Kier molecular flexibility index (Phi) is 5.23. The van der Waals surface area contributed by atoms with E-state index < -0.39 is 0 Å². The number of likely N-dealkylation sites (N-methyl/N-ethyl adjacent to an activating group) is 1. The normalized spacial score (nSPS) is 18.4. The number of nitrogens with zero attached hydrogens (tertiary/aromatic N) is 3. The summed E-state index contributed by atoms with van der Waals surface area (Å²) in [5.74, 6) is 0.686. The molecule has 1 aromatic rings. The van der Waals surface area contributed by atoms with Crippen LogP contribution in [0.3, 0.4) is 0 Å². The summed E-state index contributed by atoms with van der Waals surface area (Å²) in [4.78, 5) is 9.14. The maximum Gasteiger partial charge on any atom is 0.191 e. The Bertz CT molecular complexity index is 485. The van der Waals surface area contributed by atoms with Crippen molar-refractivity contribution >= 4 is 5.96 Å². The average Bonchev–Trinajstić information content (AvgIpc) is 2.80. The van der Waals surface area contributed by atoms with Crippen molar-refractivity contribution in [1.82, 2.24) is 9.80 Å². The molecule has 116 valence electrons. The van der Waals surface area contributed by atoms with Gasteiger partial charge in [-0.25, -0.2) is 0 Å². The molecule has 0 fully saturated rings. The van der Waals surface area contributed by atoms with E-state index in [2.05, 4.69) is 60.7 Å². The van der Waals surface area contributed by atoms with Gasteiger partial charge >= 0.3 is 0 Å². The van der Waals surface area contributed by atoms with Gasteiger partial charge in [-0.15, -0.1) is 0 Å². The van der Waals surface area contributed by atoms with Gasteiger partial charge in [-0.1, -0.05) is 43.2 Å². The lowest BCUT2D eigenvalue weighted by Crippen LogP contribution is -2.41. The first-order chi connectivity index (χ1) is 10.0. The van der Waals surface area contributed by atoms with Crippen LogP contribution >= 0.6 is 0 Å². The summed E-state index contributed by atoms with van der Waals surface area (Å²) >= 11 is 0. The van der Waals surface area contributed by atoms with Gasteiger partial charge in [-0.2, -0.15) is 0 Å². The van der Waals surface area contributed by atoms with Crippen LogP contribution in [0.2, 0.25) is 0 Å². The van der Waals surface area contributed by atoms with Gasteiger partial charge in [-0.3, -0.25) is 4.99 Å². The molecule has 1 aliphatic heterocycles. The van der Waals surface area contributed by atoms with E-state index in [0.717, 1.165) is 32.7 Å². The predicted octanol–water partition coefficient (Wildman–Crippen LogP) is 2.32. The van der Waals surface area contributed by atoms with E-state index in [9.17, 15) is 0 Å². The molecular formula is C17H28N4. The zero-order valence-corrected chi connectivity index (χ0v) is 13.8. The summed E-state index contributed by atoms with van der Waals surface area (Å²) in [5, 5.41) is 0. The molecule has 0 radical (unpaired) electrons. The van der Waals surface area contributed by atoms with E-state index in [4.69, 9.17) is 5.73 Å². The lowest BCUT2D eigenvalue weighted by Gasteiger charge is -2.29. The molecule has 0 spiro atoms. The van der Waals surface area contributed by atoms with E-state index in [0.29, 0.717) is 12.0 Å². The number of aliphatic imine (C=N–C) groups is 1. The van der Waals surface area contributed by atoms with Crippen molar-refractivity contribution in [3.05, 3.63) is 34.9 Å². The van der Waals surface area contributed by atoms with E-state index >= 15 is 0 Å². The number of benzene rings is 1. The first-order valence-corrected chi connectivity index (χ1v) is 7.92. The second-order valence-electron chi connectivity index (χ2n) is 5.86. The highest BCUT2D eigenvalue weighted by Gasteiger charge is 2.27. The number of guanidine groups is 1. The predicted molar refractivity (Wildman–Crippen MR) is 89.6 cm³/mol. The molecule has 4 nitrogen and oxygen atoms in total. The second kappa shape index (κ2) is 6.94. The third kappa shape index (κ3) is 3.76. The standard InChI is InChI=1S/C17H28N4/c1-5-20(6-2)7-8-21-16(12-19-17(21)18)15-10-13(3)9-14(4)11-15/h9-11,16H,5-8,12H2,1-4H3,(H2,18,19). The van der Waals surface area contributed by atoms with Crippen LogP contribution in [-0.2, 0) is 0 Å². The lowest BCUT2D eigenvalue weighted by molar-refractivity contribution is 0.248. The largest absolute Gasteiger partial charge is 0.370 e. The minimum Gasteiger partial charge on any atom is -0.370 e. The van der Waals surface area contributed by atoms with Crippen LogP contribution in [-0.4, -0.2) is 48.5 Å². The highest BCUT2D eigenvalue weighted by atomic mass is 15.3. The molecule has 4 heteroatoms. The zero-order chi connectivity index (χ0) is 15.4. The first kappa shape index (κ1) is 15.8. The van der Waals surface area contributed by atoms with Gasteiger partial charge in [0, 0.05) is 13.1 Å². The van der Waals surface area contributed by atoms with Crippen LogP contribution in [0.25, 0.3) is 0 Å². The number of hydrogen-bond acceptors (Lipinski definition) is 4. The maximum absolute atomic E-state index is 6.11. The van der Waals surface area contributed by atoms with Crippen LogP contribution in [0.1, 0.15) is 36.6 Å². The molecule has 1 heterocycles. The van der Waals surface area contributed by atoms with Crippen LogP contribution in [0.15, 0.2) is 23.2 Å². The SMILES string of the molecule is CCN(CC)CCN1C(N)=NCC1c1cc(C)cc(C)c1.